The highest BCUT2D eigenvalue weighted by molar-refractivity contribution is 5.94. The number of nitrogens with one attached hydrogen (secondary N) is 3. The number of hydrazine groups is 1. The molecule has 174 valence electrons. The van der Waals surface area contributed by atoms with E-state index in [2.05, 4.69) is 16.2 Å². The van der Waals surface area contributed by atoms with Crippen molar-refractivity contribution in [2.45, 2.75) is 38.2 Å². The predicted octanol–water partition coefficient (Wildman–Crippen LogP) is 1.00. The molecule has 10 heteroatoms. The molecule has 1 aliphatic rings. The van der Waals surface area contributed by atoms with Gasteiger partial charge in [-0.15, -0.1) is 0 Å². The van der Waals surface area contributed by atoms with Gasteiger partial charge in [0.1, 0.15) is 12.6 Å². The van der Waals surface area contributed by atoms with Crippen LogP contribution in [0.25, 0.3) is 0 Å². The molecule has 3 amide bonds. The van der Waals surface area contributed by atoms with Crippen LogP contribution < -0.4 is 16.2 Å². The summed E-state index contributed by atoms with van der Waals surface area (Å²) >= 11 is 0. The highest BCUT2D eigenvalue weighted by Gasteiger charge is 2.51. The first-order chi connectivity index (χ1) is 16.0. The van der Waals surface area contributed by atoms with Gasteiger partial charge in [-0.05, 0) is 18.1 Å². The zero-order valence-corrected chi connectivity index (χ0v) is 18.0. The summed E-state index contributed by atoms with van der Waals surface area (Å²) < 4.78 is 15.0. The summed E-state index contributed by atoms with van der Waals surface area (Å²) in [7, 11) is 0. The van der Waals surface area contributed by atoms with Crippen LogP contribution in [0.3, 0.4) is 0 Å². The predicted molar refractivity (Wildman–Crippen MR) is 115 cm³/mol. The van der Waals surface area contributed by atoms with E-state index in [4.69, 9.17) is 14.2 Å². The minimum atomic E-state index is -1.04. The van der Waals surface area contributed by atoms with Gasteiger partial charge in [-0.2, -0.15) is 0 Å². The van der Waals surface area contributed by atoms with E-state index in [0.29, 0.717) is 0 Å². The summed E-state index contributed by atoms with van der Waals surface area (Å²) in [6.45, 7) is 1.84. The van der Waals surface area contributed by atoms with Gasteiger partial charge in [0.2, 0.25) is 0 Å². The molecular weight excluding hydrogens is 430 g/mol. The van der Waals surface area contributed by atoms with E-state index in [-0.39, 0.29) is 19.6 Å². The van der Waals surface area contributed by atoms with Crippen LogP contribution in [0.5, 0.6) is 0 Å². The van der Waals surface area contributed by atoms with Gasteiger partial charge in [0.05, 0.1) is 6.61 Å². The van der Waals surface area contributed by atoms with Crippen LogP contribution in [-0.4, -0.2) is 48.7 Å². The van der Waals surface area contributed by atoms with E-state index in [1.807, 2.05) is 24.3 Å². The average molecular weight is 455 g/mol. The Kier molecular flexibility index (Phi) is 8.36. The fraction of sp³-hybridized carbons (Fsp3) is 0.304. The summed E-state index contributed by atoms with van der Waals surface area (Å²) in [6.07, 6.45) is -2.66. The fourth-order valence-electron chi connectivity index (χ4n) is 2.96. The Morgan fingerprint density at radius 1 is 0.879 bits per heavy atom. The number of amides is 3. The number of epoxide rings is 1. The van der Waals surface area contributed by atoms with E-state index in [0.717, 1.165) is 11.1 Å². The van der Waals surface area contributed by atoms with Gasteiger partial charge in [-0.25, -0.2) is 9.59 Å². The van der Waals surface area contributed by atoms with Crippen molar-refractivity contribution < 1.29 is 33.4 Å². The molecule has 2 aromatic rings. The minimum Gasteiger partial charge on any atom is -0.464 e. The molecule has 0 saturated carbocycles. The van der Waals surface area contributed by atoms with Crippen LogP contribution in [0.1, 0.15) is 18.1 Å². The number of benzene rings is 2. The van der Waals surface area contributed by atoms with Gasteiger partial charge in [0.25, 0.3) is 11.8 Å². The number of carbonyl (C=O) groups excluding carboxylic acids is 4. The summed E-state index contributed by atoms with van der Waals surface area (Å²) in [5.41, 5.74) is 6.05. The molecule has 1 heterocycles. The molecule has 1 aliphatic heterocycles. The Bertz CT molecular complexity index is 969. The average Bonchev–Trinajstić information content (AvgIpc) is 3.63. The first-order valence-electron chi connectivity index (χ1n) is 10.4. The lowest BCUT2D eigenvalue weighted by molar-refractivity contribution is -0.144. The van der Waals surface area contributed by atoms with Crippen LogP contribution in [-0.2, 0) is 41.6 Å². The van der Waals surface area contributed by atoms with Crippen molar-refractivity contribution in [2.75, 3.05) is 6.61 Å². The first-order valence-corrected chi connectivity index (χ1v) is 10.4. The molecule has 0 aromatic heterocycles. The molecule has 0 spiro atoms. The van der Waals surface area contributed by atoms with Crippen LogP contribution in [0.4, 0.5) is 4.79 Å². The molecule has 0 aliphatic carbocycles. The van der Waals surface area contributed by atoms with Crippen molar-refractivity contribution in [3.8, 4) is 0 Å². The van der Waals surface area contributed by atoms with Crippen LogP contribution in [0, 0.1) is 0 Å². The molecule has 10 nitrogen and oxygen atoms in total. The lowest BCUT2D eigenvalue weighted by Gasteiger charge is -2.18. The molecule has 0 radical (unpaired) electrons. The minimum absolute atomic E-state index is 0.0390. The zero-order valence-electron chi connectivity index (χ0n) is 18.0. The van der Waals surface area contributed by atoms with E-state index < -0.39 is 42.1 Å². The molecule has 1 fully saturated rings. The van der Waals surface area contributed by atoms with Crippen molar-refractivity contribution in [1.82, 2.24) is 16.2 Å². The topological polar surface area (TPSA) is 135 Å². The number of hydrogen-bond acceptors (Lipinski definition) is 7. The summed E-state index contributed by atoms with van der Waals surface area (Å²) in [5, 5.41) is 2.52. The monoisotopic (exact) mass is 455 g/mol. The van der Waals surface area contributed by atoms with Gasteiger partial charge >= 0.3 is 12.1 Å². The number of ether oxygens (including phenoxy) is 3. The van der Waals surface area contributed by atoms with Gasteiger partial charge in [-0.3, -0.25) is 20.4 Å². The SMILES string of the molecule is CCOC(=O)C1OC1C(=O)NNC(=O)[C@H](Cc1ccccc1)NC(=O)OCc1ccccc1. The smallest absolute Gasteiger partial charge is 0.408 e. The Morgan fingerprint density at radius 2 is 1.52 bits per heavy atom. The Balaban J connectivity index is 1.54. The molecular formula is C23H25N3O7. The maximum absolute atomic E-state index is 12.7. The number of hydrogen-bond donors (Lipinski definition) is 3. The lowest BCUT2D eigenvalue weighted by atomic mass is 10.1. The van der Waals surface area contributed by atoms with Crippen LogP contribution in [0.15, 0.2) is 60.7 Å². The molecule has 0 bridgehead atoms. The maximum atomic E-state index is 12.7. The van der Waals surface area contributed by atoms with Gasteiger partial charge < -0.3 is 19.5 Å². The second-order valence-electron chi connectivity index (χ2n) is 7.16. The molecule has 3 N–H and O–H groups in total. The quantitative estimate of drug-likeness (QED) is 0.292. The van der Waals surface area contributed by atoms with E-state index in [1.165, 1.54) is 0 Å². The van der Waals surface area contributed by atoms with E-state index in [1.54, 1.807) is 43.3 Å². The largest absolute Gasteiger partial charge is 0.464 e. The van der Waals surface area contributed by atoms with Gasteiger partial charge in [-0.1, -0.05) is 60.7 Å². The number of carbonyl (C=O) groups is 4. The molecule has 33 heavy (non-hydrogen) atoms. The molecule has 3 rings (SSSR count). The molecule has 2 unspecified atom stereocenters. The van der Waals surface area contributed by atoms with Gasteiger partial charge in [0.15, 0.2) is 12.2 Å². The van der Waals surface area contributed by atoms with Crippen molar-refractivity contribution in [3.05, 3.63) is 71.8 Å². The molecule has 3 atom stereocenters. The summed E-state index contributed by atoms with van der Waals surface area (Å²) in [4.78, 5) is 48.7. The number of alkyl carbamates (subject to hydrolysis) is 1. The molecule has 2 aromatic carbocycles. The second-order valence-corrected chi connectivity index (χ2v) is 7.16. The Morgan fingerprint density at radius 3 is 2.15 bits per heavy atom. The fourth-order valence-corrected chi connectivity index (χ4v) is 2.96. The maximum Gasteiger partial charge on any atom is 0.408 e. The van der Waals surface area contributed by atoms with Crippen molar-refractivity contribution in [2.24, 2.45) is 0 Å². The third-order valence-electron chi connectivity index (χ3n) is 4.68. The second kappa shape index (κ2) is 11.6. The van der Waals surface area contributed by atoms with Crippen molar-refractivity contribution in [1.29, 1.82) is 0 Å². The zero-order chi connectivity index (χ0) is 23.6. The van der Waals surface area contributed by atoms with Crippen molar-refractivity contribution in [3.63, 3.8) is 0 Å². The third kappa shape index (κ3) is 7.32. The Labute approximate surface area is 190 Å². The normalized spacial score (nSPS) is 17.2. The standard InChI is InChI=1S/C23H25N3O7/c1-2-31-22(29)19-18(33-19)21(28)26-25-20(27)17(13-15-9-5-3-6-10-15)24-23(30)32-14-16-11-7-4-8-12-16/h3-12,17-19H,2,13-14H2,1H3,(H,24,30)(H,25,27)(H,26,28)/t17-,18?,19?/m0/s1. The highest BCUT2D eigenvalue weighted by Crippen LogP contribution is 2.23. The summed E-state index contributed by atoms with van der Waals surface area (Å²) in [6, 6.07) is 17.1. The van der Waals surface area contributed by atoms with Crippen molar-refractivity contribution >= 4 is 23.9 Å². The number of esters is 1. The van der Waals surface area contributed by atoms with Crippen LogP contribution >= 0.6 is 0 Å². The third-order valence-corrected chi connectivity index (χ3v) is 4.68. The van der Waals surface area contributed by atoms with Gasteiger partial charge in [0, 0.05) is 6.42 Å². The summed E-state index contributed by atoms with van der Waals surface area (Å²) in [5.74, 6) is -2.02. The highest BCUT2D eigenvalue weighted by atomic mass is 16.6. The number of rotatable bonds is 9. The van der Waals surface area contributed by atoms with Crippen LogP contribution in [0.2, 0.25) is 0 Å². The Hall–Kier alpha value is -3.92. The molecule has 1 saturated heterocycles. The van der Waals surface area contributed by atoms with E-state index in [9.17, 15) is 19.2 Å². The lowest BCUT2D eigenvalue weighted by Crippen LogP contribution is -2.54. The first kappa shape index (κ1) is 23.7. The van der Waals surface area contributed by atoms with E-state index >= 15 is 0 Å².